The predicted octanol–water partition coefficient (Wildman–Crippen LogP) is 2.95. The number of hydrogen-bond donors (Lipinski definition) is 2. The molecule has 3 unspecified atom stereocenters. The Balaban J connectivity index is 2.24. The summed E-state index contributed by atoms with van der Waals surface area (Å²) in [5, 5.41) is 11.9. The van der Waals surface area contributed by atoms with Crippen molar-refractivity contribution >= 4 is 12.0 Å². The van der Waals surface area contributed by atoms with E-state index in [4.69, 9.17) is 5.11 Å². The lowest BCUT2D eigenvalue weighted by molar-refractivity contribution is -0.141. The number of likely N-dealkylation sites (tertiary alicyclic amines) is 1. The summed E-state index contributed by atoms with van der Waals surface area (Å²) in [6.07, 6.45) is 3.40. The number of aliphatic carboxylic acids is 1. The minimum absolute atomic E-state index is 0.0249. The van der Waals surface area contributed by atoms with Crippen LogP contribution in [0.3, 0.4) is 0 Å². The van der Waals surface area contributed by atoms with Crippen LogP contribution in [-0.2, 0) is 4.79 Å². The molecular weight excluding hydrogens is 268 g/mol. The minimum atomic E-state index is -0.747. The highest BCUT2D eigenvalue weighted by Gasteiger charge is 2.28. The Morgan fingerprint density at radius 3 is 2.43 bits per heavy atom. The van der Waals surface area contributed by atoms with E-state index in [2.05, 4.69) is 19.2 Å². The molecule has 2 amide bonds. The molecule has 1 saturated heterocycles. The van der Waals surface area contributed by atoms with E-state index in [1.165, 1.54) is 0 Å². The topological polar surface area (TPSA) is 69.6 Å². The Kier molecular flexibility index (Phi) is 6.99. The van der Waals surface area contributed by atoms with Crippen LogP contribution in [0.4, 0.5) is 4.79 Å². The largest absolute Gasteiger partial charge is 0.481 e. The summed E-state index contributed by atoms with van der Waals surface area (Å²) in [6, 6.07) is 0.119. The Hall–Kier alpha value is -1.26. The lowest BCUT2D eigenvalue weighted by Gasteiger charge is -2.22. The van der Waals surface area contributed by atoms with Gasteiger partial charge in [0.25, 0.3) is 0 Å². The molecule has 0 aliphatic carbocycles. The SMILES string of the molecule is CC(CCCC(C)C(=O)O)NC(=O)N1CCC(C(C)C)C1. The fourth-order valence-corrected chi connectivity index (χ4v) is 2.74. The molecule has 5 heteroatoms. The molecule has 0 spiro atoms. The molecule has 1 aliphatic heterocycles. The van der Waals surface area contributed by atoms with Crippen LogP contribution in [0.15, 0.2) is 0 Å². The third-order valence-electron chi connectivity index (χ3n) is 4.52. The van der Waals surface area contributed by atoms with Crippen LogP contribution in [0.1, 0.15) is 53.4 Å². The summed E-state index contributed by atoms with van der Waals surface area (Å²) in [5.41, 5.74) is 0. The van der Waals surface area contributed by atoms with E-state index in [0.717, 1.165) is 32.4 Å². The van der Waals surface area contributed by atoms with Crippen LogP contribution < -0.4 is 5.32 Å². The Bertz CT molecular complexity index is 357. The highest BCUT2D eigenvalue weighted by Crippen LogP contribution is 2.23. The second kappa shape index (κ2) is 8.25. The number of nitrogens with one attached hydrogen (secondary N) is 1. The summed E-state index contributed by atoms with van der Waals surface area (Å²) >= 11 is 0. The van der Waals surface area contributed by atoms with Gasteiger partial charge in [-0.15, -0.1) is 0 Å². The van der Waals surface area contributed by atoms with Gasteiger partial charge in [0, 0.05) is 19.1 Å². The Labute approximate surface area is 128 Å². The molecule has 0 aromatic carbocycles. The van der Waals surface area contributed by atoms with Gasteiger partial charge in [-0.3, -0.25) is 4.79 Å². The average molecular weight is 298 g/mol. The van der Waals surface area contributed by atoms with Gasteiger partial charge in [-0.1, -0.05) is 27.2 Å². The first-order chi connectivity index (χ1) is 9.81. The van der Waals surface area contributed by atoms with Crippen LogP contribution >= 0.6 is 0 Å². The Morgan fingerprint density at radius 1 is 1.24 bits per heavy atom. The standard InChI is InChI=1S/C16H30N2O3/c1-11(2)14-8-9-18(10-14)16(21)17-13(4)7-5-6-12(3)15(19)20/h11-14H,5-10H2,1-4H3,(H,17,21)(H,19,20). The van der Waals surface area contributed by atoms with Crippen LogP contribution in [0.25, 0.3) is 0 Å². The van der Waals surface area contributed by atoms with E-state index in [0.29, 0.717) is 18.3 Å². The molecule has 1 aliphatic rings. The monoisotopic (exact) mass is 298 g/mol. The molecule has 1 heterocycles. The smallest absolute Gasteiger partial charge is 0.317 e. The number of nitrogens with zero attached hydrogens (tertiary/aromatic N) is 1. The first-order valence-corrected chi connectivity index (χ1v) is 8.09. The van der Waals surface area contributed by atoms with Crippen LogP contribution in [0, 0.1) is 17.8 Å². The fraction of sp³-hybridized carbons (Fsp3) is 0.875. The third kappa shape index (κ3) is 5.94. The zero-order chi connectivity index (χ0) is 16.0. The maximum absolute atomic E-state index is 12.1. The highest BCUT2D eigenvalue weighted by atomic mass is 16.4. The van der Waals surface area contributed by atoms with Gasteiger partial charge in [0.2, 0.25) is 0 Å². The van der Waals surface area contributed by atoms with Crippen LogP contribution in [0.2, 0.25) is 0 Å². The molecule has 1 fully saturated rings. The number of carboxylic acids is 1. The van der Waals surface area contributed by atoms with E-state index in [9.17, 15) is 9.59 Å². The lowest BCUT2D eigenvalue weighted by atomic mass is 9.95. The van der Waals surface area contributed by atoms with Gasteiger partial charge in [0.1, 0.15) is 0 Å². The van der Waals surface area contributed by atoms with Gasteiger partial charge in [-0.2, -0.15) is 0 Å². The normalized spacial score (nSPS) is 21.4. The minimum Gasteiger partial charge on any atom is -0.481 e. The summed E-state index contributed by atoms with van der Waals surface area (Å²) < 4.78 is 0. The van der Waals surface area contributed by atoms with E-state index < -0.39 is 5.97 Å². The van der Waals surface area contributed by atoms with E-state index in [1.54, 1.807) is 6.92 Å². The summed E-state index contributed by atoms with van der Waals surface area (Å²) in [7, 11) is 0. The maximum Gasteiger partial charge on any atom is 0.317 e. The van der Waals surface area contributed by atoms with Crippen molar-refractivity contribution in [1.29, 1.82) is 0 Å². The summed E-state index contributed by atoms with van der Waals surface area (Å²) in [5.74, 6) is 0.182. The molecule has 0 radical (unpaired) electrons. The second-order valence-electron chi connectivity index (χ2n) is 6.76. The maximum atomic E-state index is 12.1. The van der Waals surface area contributed by atoms with Gasteiger partial charge in [-0.05, 0) is 38.0 Å². The molecule has 0 bridgehead atoms. The summed E-state index contributed by atoms with van der Waals surface area (Å²) in [4.78, 5) is 24.8. The van der Waals surface area contributed by atoms with E-state index in [1.807, 2.05) is 11.8 Å². The van der Waals surface area contributed by atoms with Crippen molar-refractivity contribution in [2.24, 2.45) is 17.8 Å². The fourth-order valence-electron chi connectivity index (χ4n) is 2.74. The quantitative estimate of drug-likeness (QED) is 0.759. The van der Waals surface area contributed by atoms with Crippen LogP contribution in [0.5, 0.6) is 0 Å². The number of urea groups is 1. The molecule has 0 saturated carbocycles. The summed E-state index contributed by atoms with van der Waals surface area (Å²) in [6.45, 7) is 9.82. The van der Waals surface area contributed by atoms with Crippen molar-refractivity contribution in [1.82, 2.24) is 10.2 Å². The number of rotatable bonds is 7. The zero-order valence-corrected chi connectivity index (χ0v) is 13.8. The van der Waals surface area contributed by atoms with Gasteiger partial charge < -0.3 is 15.3 Å². The van der Waals surface area contributed by atoms with Crippen molar-refractivity contribution in [3.63, 3.8) is 0 Å². The Morgan fingerprint density at radius 2 is 1.90 bits per heavy atom. The van der Waals surface area contributed by atoms with Crippen molar-refractivity contribution in [2.45, 2.75) is 59.4 Å². The molecule has 5 nitrogen and oxygen atoms in total. The van der Waals surface area contributed by atoms with Crippen molar-refractivity contribution < 1.29 is 14.7 Å². The van der Waals surface area contributed by atoms with E-state index in [-0.39, 0.29) is 18.0 Å². The number of carboxylic acid groups (broad SMARTS) is 1. The number of carbonyl (C=O) groups excluding carboxylic acids is 1. The first-order valence-electron chi connectivity index (χ1n) is 8.09. The molecular formula is C16H30N2O3. The van der Waals surface area contributed by atoms with Gasteiger partial charge >= 0.3 is 12.0 Å². The third-order valence-corrected chi connectivity index (χ3v) is 4.52. The van der Waals surface area contributed by atoms with Gasteiger partial charge in [-0.25, -0.2) is 4.79 Å². The molecule has 0 aromatic rings. The molecule has 2 N–H and O–H groups in total. The van der Waals surface area contributed by atoms with Crippen molar-refractivity contribution in [2.75, 3.05) is 13.1 Å². The lowest BCUT2D eigenvalue weighted by Crippen LogP contribution is -2.43. The second-order valence-corrected chi connectivity index (χ2v) is 6.76. The highest BCUT2D eigenvalue weighted by molar-refractivity contribution is 5.74. The predicted molar refractivity (Wildman–Crippen MR) is 83.2 cm³/mol. The molecule has 21 heavy (non-hydrogen) atoms. The van der Waals surface area contributed by atoms with Crippen LogP contribution in [-0.4, -0.2) is 41.1 Å². The zero-order valence-electron chi connectivity index (χ0n) is 13.8. The van der Waals surface area contributed by atoms with Gasteiger partial charge in [0.15, 0.2) is 0 Å². The van der Waals surface area contributed by atoms with Crippen molar-refractivity contribution in [3.8, 4) is 0 Å². The molecule has 3 atom stereocenters. The van der Waals surface area contributed by atoms with Gasteiger partial charge in [0.05, 0.1) is 5.92 Å². The number of carbonyl (C=O) groups is 2. The number of amides is 2. The first kappa shape index (κ1) is 17.8. The number of hydrogen-bond acceptors (Lipinski definition) is 2. The molecule has 0 aromatic heterocycles. The van der Waals surface area contributed by atoms with Crippen molar-refractivity contribution in [3.05, 3.63) is 0 Å². The van der Waals surface area contributed by atoms with E-state index >= 15 is 0 Å². The molecule has 122 valence electrons. The average Bonchev–Trinajstić information content (AvgIpc) is 2.88. The molecule has 1 rings (SSSR count).